The first-order valence-electron chi connectivity index (χ1n) is 6.78. The van der Waals surface area contributed by atoms with Gasteiger partial charge in [0.05, 0.1) is 5.92 Å². The van der Waals surface area contributed by atoms with Gasteiger partial charge in [0.2, 0.25) is 0 Å². The maximum absolute atomic E-state index is 12.2. The number of rotatable bonds is 6. The van der Waals surface area contributed by atoms with Gasteiger partial charge in [-0.2, -0.15) is 17.4 Å². The van der Waals surface area contributed by atoms with Crippen molar-refractivity contribution in [3.63, 3.8) is 0 Å². The third-order valence-corrected chi connectivity index (χ3v) is 5.23. The van der Waals surface area contributed by atoms with E-state index >= 15 is 0 Å². The molecule has 0 aromatic rings. The van der Waals surface area contributed by atoms with Gasteiger partial charge in [-0.25, -0.2) is 0 Å². The monoisotopic (exact) mass is 292 g/mol. The van der Waals surface area contributed by atoms with Crippen LogP contribution in [0.5, 0.6) is 0 Å². The molecule has 1 aliphatic heterocycles. The van der Waals surface area contributed by atoms with E-state index in [1.54, 1.807) is 0 Å². The lowest BCUT2D eigenvalue weighted by atomic mass is 10.0. The molecule has 6 nitrogen and oxygen atoms in total. The molecule has 19 heavy (non-hydrogen) atoms. The van der Waals surface area contributed by atoms with Gasteiger partial charge in [0.25, 0.3) is 10.2 Å². The van der Waals surface area contributed by atoms with E-state index in [4.69, 9.17) is 5.11 Å². The molecule has 0 bridgehead atoms. The van der Waals surface area contributed by atoms with Gasteiger partial charge in [-0.3, -0.25) is 4.79 Å². The first-order chi connectivity index (χ1) is 8.77. The number of nitrogens with one attached hydrogen (secondary N) is 1. The van der Waals surface area contributed by atoms with Crippen molar-refractivity contribution in [2.75, 3.05) is 13.1 Å². The number of carboxylic acids is 1. The van der Waals surface area contributed by atoms with Gasteiger partial charge in [0.15, 0.2) is 0 Å². The Bertz CT molecular complexity index is 408. The SMILES string of the molecule is CCC(NS(=O)(=O)N1CCCC(C(=O)O)C1)C(C)C. The zero-order valence-electron chi connectivity index (χ0n) is 11.8. The lowest BCUT2D eigenvalue weighted by molar-refractivity contribution is -0.142. The summed E-state index contributed by atoms with van der Waals surface area (Å²) >= 11 is 0. The first kappa shape index (κ1) is 16.4. The lowest BCUT2D eigenvalue weighted by Crippen LogP contribution is -2.51. The van der Waals surface area contributed by atoms with E-state index in [1.165, 1.54) is 4.31 Å². The fourth-order valence-corrected chi connectivity index (χ4v) is 4.04. The van der Waals surface area contributed by atoms with Crippen LogP contribution in [0.15, 0.2) is 0 Å². The van der Waals surface area contributed by atoms with Crippen molar-refractivity contribution in [1.29, 1.82) is 0 Å². The minimum atomic E-state index is -3.59. The van der Waals surface area contributed by atoms with Crippen molar-refractivity contribution in [3.8, 4) is 0 Å². The van der Waals surface area contributed by atoms with Gasteiger partial charge in [-0.05, 0) is 25.2 Å². The van der Waals surface area contributed by atoms with Crippen LogP contribution in [0.4, 0.5) is 0 Å². The van der Waals surface area contributed by atoms with Gasteiger partial charge < -0.3 is 5.11 Å². The predicted molar refractivity (Wildman–Crippen MR) is 72.9 cm³/mol. The molecule has 1 rings (SSSR count). The Balaban J connectivity index is 2.74. The van der Waals surface area contributed by atoms with Gasteiger partial charge in [-0.15, -0.1) is 0 Å². The largest absolute Gasteiger partial charge is 0.481 e. The number of carboxylic acid groups (broad SMARTS) is 1. The maximum Gasteiger partial charge on any atom is 0.307 e. The van der Waals surface area contributed by atoms with Crippen molar-refractivity contribution in [1.82, 2.24) is 9.03 Å². The van der Waals surface area contributed by atoms with Crippen LogP contribution < -0.4 is 4.72 Å². The Morgan fingerprint density at radius 1 is 1.47 bits per heavy atom. The molecule has 1 heterocycles. The molecule has 0 aromatic heterocycles. The normalized spacial score (nSPS) is 23.5. The number of carbonyl (C=O) groups is 1. The number of hydrogen-bond donors (Lipinski definition) is 2. The Kier molecular flexibility index (Phi) is 5.76. The van der Waals surface area contributed by atoms with Crippen LogP contribution in [0.25, 0.3) is 0 Å². The quantitative estimate of drug-likeness (QED) is 0.766. The molecule has 1 fully saturated rings. The number of nitrogens with zero attached hydrogens (tertiary/aromatic N) is 1. The molecule has 2 unspecified atom stereocenters. The second kappa shape index (κ2) is 6.67. The Morgan fingerprint density at radius 3 is 2.58 bits per heavy atom. The third-order valence-electron chi connectivity index (χ3n) is 3.62. The summed E-state index contributed by atoms with van der Waals surface area (Å²) in [6.07, 6.45) is 1.85. The van der Waals surface area contributed by atoms with E-state index in [-0.39, 0.29) is 18.5 Å². The smallest absolute Gasteiger partial charge is 0.307 e. The molecule has 2 N–H and O–H groups in total. The minimum absolute atomic E-state index is 0.0686. The Morgan fingerprint density at radius 2 is 2.11 bits per heavy atom. The molecule has 0 radical (unpaired) electrons. The summed E-state index contributed by atoms with van der Waals surface area (Å²) in [6.45, 7) is 6.33. The van der Waals surface area contributed by atoms with Crippen molar-refractivity contribution in [2.45, 2.75) is 46.1 Å². The van der Waals surface area contributed by atoms with E-state index in [0.717, 1.165) is 0 Å². The number of hydrogen-bond acceptors (Lipinski definition) is 3. The molecule has 2 atom stereocenters. The van der Waals surface area contributed by atoms with Gasteiger partial charge in [0.1, 0.15) is 0 Å². The fraction of sp³-hybridized carbons (Fsp3) is 0.917. The molecule has 7 heteroatoms. The highest BCUT2D eigenvalue weighted by Crippen LogP contribution is 2.19. The number of piperidine rings is 1. The van der Waals surface area contributed by atoms with Crippen molar-refractivity contribution in [3.05, 3.63) is 0 Å². The maximum atomic E-state index is 12.2. The molecular weight excluding hydrogens is 268 g/mol. The number of aliphatic carboxylic acids is 1. The molecule has 0 aliphatic carbocycles. The van der Waals surface area contributed by atoms with Crippen LogP contribution in [-0.2, 0) is 15.0 Å². The van der Waals surface area contributed by atoms with Crippen LogP contribution in [0.3, 0.4) is 0 Å². The van der Waals surface area contributed by atoms with Crippen LogP contribution in [0, 0.1) is 11.8 Å². The molecule has 1 aliphatic rings. The summed E-state index contributed by atoms with van der Waals surface area (Å²) < 4.78 is 28.4. The standard InChI is InChI=1S/C12H24N2O4S/c1-4-11(9(2)3)13-19(17,18)14-7-5-6-10(8-14)12(15)16/h9-11,13H,4-8H2,1-3H3,(H,15,16). The van der Waals surface area contributed by atoms with Crippen LogP contribution in [0.1, 0.15) is 40.0 Å². The highest BCUT2D eigenvalue weighted by Gasteiger charge is 2.33. The summed E-state index contributed by atoms with van der Waals surface area (Å²) in [5.74, 6) is -1.31. The topological polar surface area (TPSA) is 86.7 Å². The summed E-state index contributed by atoms with van der Waals surface area (Å²) in [5, 5.41) is 9.00. The lowest BCUT2D eigenvalue weighted by Gasteiger charge is -2.32. The van der Waals surface area contributed by atoms with E-state index < -0.39 is 22.1 Å². The summed E-state index contributed by atoms with van der Waals surface area (Å²) in [5.41, 5.74) is 0. The molecular formula is C12H24N2O4S. The highest BCUT2D eigenvalue weighted by atomic mass is 32.2. The average molecular weight is 292 g/mol. The summed E-state index contributed by atoms with van der Waals surface area (Å²) in [7, 11) is -3.59. The zero-order valence-corrected chi connectivity index (χ0v) is 12.6. The molecule has 0 amide bonds. The Hall–Kier alpha value is -0.660. The van der Waals surface area contributed by atoms with Crippen molar-refractivity contribution < 1.29 is 18.3 Å². The first-order valence-corrected chi connectivity index (χ1v) is 8.22. The van der Waals surface area contributed by atoms with Gasteiger partial charge in [0, 0.05) is 19.1 Å². The summed E-state index contributed by atoms with van der Waals surface area (Å²) in [4.78, 5) is 11.0. The van der Waals surface area contributed by atoms with E-state index in [2.05, 4.69) is 4.72 Å². The average Bonchev–Trinajstić information content (AvgIpc) is 2.35. The second-order valence-corrected chi connectivity index (χ2v) is 7.12. The van der Waals surface area contributed by atoms with Crippen molar-refractivity contribution >= 4 is 16.2 Å². The van der Waals surface area contributed by atoms with Crippen molar-refractivity contribution in [2.24, 2.45) is 11.8 Å². The van der Waals surface area contributed by atoms with Crippen LogP contribution in [-0.4, -0.2) is 42.9 Å². The molecule has 112 valence electrons. The van der Waals surface area contributed by atoms with Gasteiger partial charge >= 0.3 is 5.97 Å². The second-order valence-electron chi connectivity index (χ2n) is 5.42. The third kappa shape index (κ3) is 4.43. The minimum Gasteiger partial charge on any atom is -0.481 e. The van der Waals surface area contributed by atoms with Gasteiger partial charge in [-0.1, -0.05) is 20.8 Å². The summed E-state index contributed by atoms with van der Waals surface area (Å²) in [6, 6.07) is -0.116. The van der Waals surface area contributed by atoms with E-state index in [1.807, 2.05) is 20.8 Å². The van der Waals surface area contributed by atoms with Crippen LogP contribution in [0.2, 0.25) is 0 Å². The molecule has 0 aromatic carbocycles. The molecule has 0 saturated carbocycles. The zero-order chi connectivity index (χ0) is 14.6. The highest BCUT2D eigenvalue weighted by molar-refractivity contribution is 7.87. The van der Waals surface area contributed by atoms with Crippen LogP contribution >= 0.6 is 0 Å². The Labute approximate surface area is 115 Å². The molecule has 1 saturated heterocycles. The predicted octanol–water partition coefficient (Wildman–Crippen LogP) is 1.05. The van der Waals surface area contributed by atoms with E-state index in [0.29, 0.717) is 25.8 Å². The fourth-order valence-electron chi connectivity index (χ4n) is 2.32. The molecule has 0 spiro atoms. The van der Waals surface area contributed by atoms with E-state index in [9.17, 15) is 13.2 Å².